The minimum absolute atomic E-state index is 0.0458. The fraction of sp³-hybridized carbons (Fsp3) is 0.0625. The summed E-state index contributed by atoms with van der Waals surface area (Å²) in [6.07, 6.45) is 0. The van der Waals surface area contributed by atoms with E-state index in [4.69, 9.17) is 0 Å². The molecule has 0 radical (unpaired) electrons. The van der Waals surface area contributed by atoms with Crippen molar-refractivity contribution in [3.05, 3.63) is 59.8 Å². The lowest BCUT2D eigenvalue weighted by molar-refractivity contribution is 0.596. The number of aromatic nitrogens is 1. The molecular formula is C16H12N2O2S. The van der Waals surface area contributed by atoms with Crippen LogP contribution < -0.4 is 0 Å². The summed E-state index contributed by atoms with van der Waals surface area (Å²) in [5.74, 6) is 0. The molecule has 4 nitrogen and oxygen atoms in total. The molecule has 0 atom stereocenters. The van der Waals surface area contributed by atoms with E-state index in [1.165, 1.54) is 0 Å². The van der Waals surface area contributed by atoms with Crippen molar-refractivity contribution >= 4 is 20.7 Å². The molecule has 0 aliphatic rings. The van der Waals surface area contributed by atoms with Crippen LogP contribution in [0.1, 0.15) is 11.3 Å². The van der Waals surface area contributed by atoms with Crippen molar-refractivity contribution in [1.29, 1.82) is 5.26 Å². The number of nitriles is 1. The first-order valence-electron chi connectivity index (χ1n) is 6.36. The molecule has 0 fully saturated rings. The molecule has 0 spiro atoms. The van der Waals surface area contributed by atoms with Crippen LogP contribution in [0.15, 0.2) is 58.3 Å². The Morgan fingerprint density at radius 3 is 2.38 bits per heavy atom. The summed E-state index contributed by atoms with van der Waals surface area (Å²) in [5, 5.41) is 9.76. The molecule has 3 aromatic rings. The molecule has 0 bridgehead atoms. The van der Waals surface area contributed by atoms with Crippen LogP contribution in [-0.2, 0) is 9.84 Å². The lowest BCUT2D eigenvalue weighted by Crippen LogP contribution is -2.03. The molecule has 5 heteroatoms. The molecule has 1 aromatic heterocycles. The predicted octanol–water partition coefficient (Wildman–Crippen LogP) is 3.18. The summed E-state index contributed by atoms with van der Waals surface area (Å²) in [7, 11) is -3.74. The largest absolute Gasteiger partial charge is 0.345 e. The second kappa shape index (κ2) is 4.76. The van der Waals surface area contributed by atoms with Gasteiger partial charge in [0, 0.05) is 10.9 Å². The third kappa shape index (κ3) is 2.10. The van der Waals surface area contributed by atoms with Crippen molar-refractivity contribution in [3.63, 3.8) is 0 Å². The highest BCUT2D eigenvalue weighted by Crippen LogP contribution is 2.31. The van der Waals surface area contributed by atoms with E-state index in [9.17, 15) is 13.7 Å². The van der Waals surface area contributed by atoms with Gasteiger partial charge in [0.05, 0.1) is 4.90 Å². The first-order chi connectivity index (χ1) is 10.0. The van der Waals surface area contributed by atoms with Crippen LogP contribution in [-0.4, -0.2) is 13.4 Å². The van der Waals surface area contributed by atoms with Crippen LogP contribution in [0, 0.1) is 18.3 Å². The molecule has 1 N–H and O–H groups in total. The van der Waals surface area contributed by atoms with Gasteiger partial charge in [-0.25, -0.2) is 8.42 Å². The van der Waals surface area contributed by atoms with Crippen molar-refractivity contribution < 1.29 is 8.42 Å². The Kier molecular flexibility index (Phi) is 3.04. The zero-order valence-electron chi connectivity index (χ0n) is 11.3. The second-order valence-electron chi connectivity index (χ2n) is 4.80. The molecule has 1 heterocycles. The van der Waals surface area contributed by atoms with Crippen molar-refractivity contribution in [3.8, 4) is 6.07 Å². The van der Waals surface area contributed by atoms with Crippen LogP contribution in [0.4, 0.5) is 0 Å². The third-order valence-corrected chi connectivity index (χ3v) is 5.22. The number of hydrogen-bond acceptors (Lipinski definition) is 3. The average molecular weight is 296 g/mol. The number of H-pyrrole nitrogens is 1. The highest BCUT2D eigenvalue weighted by atomic mass is 32.2. The van der Waals surface area contributed by atoms with E-state index in [-0.39, 0.29) is 15.5 Å². The van der Waals surface area contributed by atoms with Crippen LogP contribution in [0.2, 0.25) is 0 Å². The quantitative estimate of drug-likeness (QED) is 0.789. The number of hydrogen-bond donors (Lipinski definition) is 1. The van der Waals surface area contributed by atoms with Gasteiger partial charge in [0.15, 0.2) is 0 Å². The Balaban J connectivity index is 2.33. The van der Waals surface area contributed by atoms with Gasteiger partial charge in [-0.05, 0) is 25.1 Å². The summed E-state index contributed by atoms with van der Waals surface area (Å²) in [6, 6.07) is 15.6. The van der Waals surface area contributed by atoms with Gasteiger partial charge in [-0.1, -0.05) is 35.9 Å². The molecule has 0 unspecified atom stereocenters. The average Bonchev–Trinajstić information content (AvgIpc) is 2.87. The van der Waals surface area contributed by atoms with E-state index in [2.05, 4.69) is 4.98 Å². The van der Waals surface area contributed by atoms with Gasteiger partial charge in [0.1, 0.15) is 16.7 Å². The Hall–Kier alpha value is -2.58. The second-order valence-corrected chi connectivity index (χ2v) is 6.69. The first-order valence-corrected chi connectivity index (χ1v) is 7.85. The Labute approximate surface area is 122 Å². The number of aryl methyl sites for hydroxylation is 1. The zero-order valence-corrected chi connectivity index (χ0v) is 12.1. The van der Waals surface area contributed by atoms with E-state index < -0.39 is 9.84 Å². The minimum Gasteiger partial charge on any atom is -0.345 e. The molecular weight excluding hydrogens is 284 g/mol. The molecule has 0 aliphatic heterocycles. The Bertz CT molecular complexity index is 962. The third-order valence-electron chi connectivity index (χ3n) is 3.37. The molecule has 2 aromatic carbocycles. The van der Waals surface area contributed by atoms with Crippen LogP contribution in [0.3, 0.4) is 0 Å². The number of benzene rings is 2. The van der Waals surface area contributed by atoms with Crippen molar-refractivity contribution in [2.24, 2.45) is 0 Å². The maximum absolute atomic E-state index is 12.8. The number of sulfone groups is 1. The Morgan fingerprint density at radius 1 is 1.05 bits per heavy atom. The normalized spacial score (nSPS) is 11.4. The number of aromatic amines is 1. The number of fused-ring (bicyclic) bond motifs is 1. The summed E-state index contributed by atoms with van der Waals surface area (Å²) < 4.78 is 25.7. The van der Waals surface area contributed by atoms with E-state index in [1.807, 2.05) is 13.0 Å². The van der Waals surface area contributed by atoms with E-state index in [0.29, 0.717) is 10.9 Å². The standard InChI is InChI=1S/C16H12N2O2S/c1-11-6-8-12(9-7-11)21(19,20)16-13-4-2-3-5-14(13)18-15(16)10-17/h2-9,18H,1H3. The van der Waals surface area contributed by atoms with Gasteiger partial charge in [-0.3, -0.25) is 0 Å². The number of nitrogens with zero attached hydrogens (tertiary/aromatic N) is 1. The summed E-state index contributed by atoms with van der Waals surface area (Å²) in [5.41, 5.74) is 1.69. The lowest BCUT2D eigenvalue weighted by atomic mass is 10.2. The maximum atomic E-state index is 12.8. The molecule has 0 saturated heterocycles. The fourth-order valence-electron chi connectivity index (χ4n) is 2.31. The minimum atomic E-state index is -3.74. The molecule has 104 valence electrons. The SMILES string of the molecule is Cc1ccc(S(=O)(=O)c2c(C#N)[nH]c3ccccc23)cc1. The molecule has 0 aliphatic carbocycles. The van der Waals surface area contributed by atoms with Gasteiger partial charge in [-0.15, -0.1) is 0 Å². The summed E-state index contributed by atoms with van der Waals surface area (Å²) in [4.78, 5) is 3.10. The van der Waals surface area contributed by atoms with Crippen molar-refractivity contribution in [2.45, 2.75) is 16.7 Å². The summed E-state index contributed by atoms with van der Waals surface area (Å²) in [6.45, 7) is 1.89. The smallest absolute Gasteiger partial charge is 0.210 e. The monoisotopic (exact) mass is 296 g/mol. The van der Waals surface area contributed by atoms with E-state index in [0.717, 1.165) is 5.56 Å². The van der Waals surface area contributed by atoms with Crippen molar-refractivity contribution in [1.82, 2.24) is 4.98 Å². The van der Waals surface area contributed by atoms with E-state index in [1.54, 1.807) is 48.5 Å². The molecule has 0 amide bonds. The van der Waals surface area contributed by atoms with E-state index >= 15 is 0 Å². The molecule has 21 heavy (non-hydrogen) atoms. The topological polar surface area (TPSA) is 73.7 Å². The lowest BCUT2D eigenvalue weighted by Gasteiger charge is -2.04. The number of nitrogens with one attached hydrogen (secondary N) is 1. The van der Waals surface area contributed by atoms with Gasteiger partial charge in [0.25, 0.3) is 0 Å². The number of para-hydroxylation sites is 1. The highest BCUT2D eigenvalue weighted by Gasteiger charge is 2.26. The van der Waals surface area contributed by atoms with Crippen LogP contribution in [0.5, 0.6) is 0 Å². The van der Waals surface area contributed by atoms with Gasteiger partial charge in [0.2, 0.25) is 9.84 Å². The predicted molar refractivity (Wildman–Crippen MR) is 79.6 cm³/mol. The van der Waals surface area contributed by atoms with Gasteiger partial charge in [-0.2, -0.15) is 5.26 Å². The van der Waals surface area contributed by atoms with Crippen molar-refractivity contribution in [2.75, 3.05) is 0 Å². The van der Waals surface area contributed by atoms with Crippen LogP contribution in [0.25, 0.3) is 10.9 Å². The molecule has 3 rings (SSSR count). The summed E-state index contributed by atoms with van der Waals surface area (Å²) >= 11 is 0. The van der Waals surface area contributed by atoms with Gasteiger partial charge >= 0.3 is 0 Å². The number of rotatable bonds is 2. The van der Waals surface area contributed by atoms with Crippen LogP contribution >= 0.6 is 0 Å². The molecule has 0 saturated carbocycles. The van der Waals surface area contributed by atoms with Gasteiger partial charge < -0.3 is 4.98 Å². The Morgan fingerprint density at radius 2 is 1.71 bits per heavy atom. The fourth-order valence-corrected chi connectivity index (χ4v) is 3.87. The first kappa shape index (κ1) is 13.4. The maximum Gasteiger partial charge on any atom is 0.210 e. The highest BCUT2D eigenvalue weighted by molar-refractivity contribution is 7.91. The zero-order chi connectivity index (χ0) is 15.0.